The molecule has 2 aromatic carbocycles. The Kier molecular flexibility index (Phi) is 14.2. The molecule has 1 fully saturated rings. The van der Waals surface area contributed by atoms with E-state index < -0.39 is 52.0 Å². The molecule has 4 rings (SSSR count). The number of aromatic nitrogens is 1. The first-order valence-electron chi connectivity index (χ1n) is 17.3. The molecule has 0 bridgehead atoms. The first-order chi connectivity index (χ1) is 25.1. The summed E-state index contributed by atoms with van der Waals surface area (Å²) in [7, 11) is -4.12. The molecule has 286 valence electrons. The number of hydrogen-bond acceptors (Lipinski definition) is 11. The van der Waals surface area contributed by atoms with Crippen molar-refractivity contribution in [1.29, 1.82) is 0 Å². The number of imide groups is 1. The maximum absolute atomic E-state index is 14.3. The molecule has 0 unspecified atom stereocenters. The third-order valence-corrected chi connectivity index (χ3v) is 11.5. The Morgan fingerprint density at radius 3 is 2.36 bits per heavy atom. The van der Waals surface area contributed by atoms with Crippen LogP contribution < -0.4 is 10.6 Å². The van der Waals surface area contributed by atoms with Crippen LogP contribution in [0.2, 0.25) is 0 Å². The molecule has 4 N–H and O–H groups in total. The second kappa shape index (κ2) is 18.4. The Bertz CT molecular complexity index is 1870. The van der Waals surface area contributed by atoms with Crippen molar-refractivity contribution in [3.63, 3.8) is 0 Å². The molecule has 15 nitrogen and oxygen atoms in total. The van der Waals surface area contributed by atoms with E-state index >= 15 is 0 Å². The number of benzene rings is 2. The summed E-state index contributed by atoms with van der Waals surface area (Å²) in [6.45, 7) is 7.93. The van der Waals surface area contributed by atoms with E-state index in [1.807, 2.05) is 51.1 Å². The minimum absolute atomic E-state index is 0.0216. The number of carbonyl (C=O) groups excluding carboxylic acids is 4. The summed E-state index contributed by atoms with van der Waals surface area (Å²) in [6, 6.07) is 12.1. The Hall–Kier alpha value is -4.71. The molecule has 53 heavy (non-hydrogen) atoms. The smallest absolute Gasteiger partial charge is 0.328 e. The van der Waals surface area contributed by atoms with Gasteiger partial charge in [0.05, 0.1) is 35.5 Å². The van der Waals surface area contributed by atoms with E-state index in [0.29, 0.717) is 22.8 Å². The molecule has 17 heteroatoms. The zero-order chi connectivity index (χ0) is 38.9. The number of thiazole rings is 1. The third-order valence-electron chi connectivity index (χ3n) is 8.80. The van der Waals surface area contributed by atoms with E-state index in [1.54, 1.807) is 12.3 Å². The lowest BCUT2D eigenvalue weighted by Crippen LogP contribution is -2.57. The van der Waals surface area contributed by atoms with Crippen LogP contribution in [-0.4, -0.2) is 106 Å². The standard InChI is InChI=1S/C36H47N7O8S2/c1-6-24(4)33(43-21-32(46)42(36(43)48)19-28-22-52-35(39-28)38-25(5)44)34(47)40-30(16-26-10-8-7-9-11-26)31(45)20-41(18-23(2)3)53(50,51)29-14-12-27(13-15-29)17-37-49/h7-15,17,22-24,30-31,33,45,49H,6,16,18-21H2,1-5H3,(H,40,47)(H,38,39,44)/t24-,30-,31-,33-/m0/s1. The fourth-order valence-electron chi connectivity index (χ4n) is 5.99. The van der Waals surface area contributed by atoms with Crippen LogP contribution in [-0.2, 0) is 37.4 Å². The zero-order valence-electron chi connectivity index (χ0n) is 30.4. The number of anilines is 1. The first-order valence-corrected chi connectivity index (χ1v) is 19.6. The second-order valence-corrected chi connectivity index (χ2v) is 16.2. The van der Waals surface area contributed by atoms with Gasteiger partial charge in [-0.2, -0.15) is 4.31 Å². The lowest BCUT2D eigenvalue weighted by Gasteiger charge is -2.34. The normalized spacial score (nSPS) is 16.0. The predicted molar refractivity (Wildman–Crippen MR) is 200 cm³/mol. The highest BCUT2D eigenvalue weighted by molar-refractivity contribution is 7.89. The van der Waals surface area contributed by atoms with Crippen LogP contribution in [0, 0.1) is 11.8 Å². The van der Waals surface area contributed by atoms with Crippen LogP contribution in [0.25, 0.3) is 0 Å². The summed E-state index contributed by atoms with van der Waals surface area (Å²) in [5.74, 6) is -1.93. The van der Waals surface area contributed by atoms with Crippen molar-refractivity contribution in [3.05, 3.63) is 76.8 Å². The maximum atomic E-state index is 14.3. The fourth-order valence-corrected chi connectivity index (χ4v) is 8.36. The van der Waals surface area contributed by atoms with E-state index in [9.17, 15) is 32.7 Å². The number of carbonyl (C=O) groups is 4. The van der Waals surface area contributed by atoms with Crippen molar-refractivity contribution in [2.24, 2.45) is 17.0 Å². The molecular formula is C36H47N7O8S2. The number of hydrogen-bond donors (Lipinski definition) is 4. The van der Waals surface area contributed by atoms with Crippen LogP contribution in [0.1, 0.15) is 57.9 Å². The van der Waals surface area contributed by atoms with E-state index in [2.05, 4.69) is 20.8 Å². The molecule has 2 heterocycles. The quantitative estimate of drug-likeness (QED) is 0.0647. The van der Waals surface area contributed by atoms with Crippen molar-refractivity contribution >= 4 is 56.5 Å². The number of urea groups is 1. The molecule has 3 aromatic rings. The Morgan fingerprint density at radius 1 is 1.08 bits per heavy atom. The van der Waals surface area contributed by atoms with E-state index in [4.69, 9.17) is 5.21 Å². The Morgan fingerprint density at radius 2 is 1.75 bits per heavy atom. The van der Waals surface area contributed by atoms with Crippen LogP contribution in [0.15, 0.2) is 70.0 Å². The minimum atomic E-state index is -4.12. The molecule has 4 atom stereocenters. The summed E-state index contributed by atoms with van der Waals surface area (Å²) < 4.78 is 29.0. The fraction of sp³-hybridized carbons (Fsp3) is 0.444. The van der Waals surface area contributed by atoms with Crippen LogP contribution in [0.3, 0.4) is 0 Å². The highest BCUT2D eigenvalue weighted by atomic mass is 32.2. The monoisotopic (exact) mass is 769 g/mol. The van der Waals surface area contributed by atoms with Crippen molar-refractivity contribution in [3.8, 4) is 0 Å². The minimum Gasteiger partial charge on any atom is -0.411 e. The number of sulfonamides is 1. The molecular weight excluding hydrogens is 723 g/mol. The van der Waals surface area contributed by atoms with Gasteiger partial charge in [-0.15, -0.1) is 11.3 Å². The molecule has 0 spiro atoms. The SMILES string of the molecule is CC[C@H](C)[C@@H](C(=O)N[C@@H](Cc1ccccc1)[C@@H](O)CN(CC(C)C)S(=O)(=O)c1ccc(C=NO)cc1)N1CC(=O)N(Cc2csc(NC(C)=O)n2)C1=O. The number of oxime groups is 1. The Balaban J connectivity index is 1.60. The van der Waals surface area contributed by atoms with E-state index in [1.165, 1.54) is 46.6 Å². The van der Waals surface area contributed by atoms with Gasteiger partial charge in [-0.3, -0.25) is 19.3 Å². The van der Waals surface area contributed by atoms with Crippen molar-refractivity contribution < 1.29 is 37.9 Å². The van der Waals surface area contributed by atoms with Gasteiger partial charge in [-0.25, -0.2) is 18.2 Å². The molecule has 0 radical (unpaired) electrons. The largest absolute Gasteiger partial charge is 0.411 e. The van der Waals surface area contributed by atoms with Crippen LogP contribution in [0.4, 0.5) is 9.93 Å². The van der Waals surface area contributed by atoms with E-state index in [-0.39, 0.29) is 49.3 Å². The van der Waals surface area contributed by atoms with Gasteiger partial charge in [0.15, 0.2) is 5.13 Å². The van der Waals surface area contributed by atoms with Gasteiger partial charge < -0.3 is 25.8 Å². The molecule has 1 saturated heterocycles. The molecule has 1 aliphatic rings. The predicted octanol–water partition coefficient (Wildman–Crippen LogP) is 3.52. The van der Waals surface area contributed by atoms with Crippen molar-refractivity contribution in [1.82, 2.24) is 24.4 Å². The second-order valence-electron chi connectivity index (χ2n) is 13.4. The highest BCUT2D eigenvalue weighted by Crippen LogP contribution is 2.26. The topological polar surface area (TPSA) is 202 Å². The van der Waals surface area contributed by atoms with Gasteiger partial charge in [0, 0.05) is 25.4 Å². The third kappa shape index (κ3) is 10.7. The molecule has 0 aliphatic carbocycles. The number of rotatable bonds is 18. The molecule has 0 saturated carbocycles. The number of amides is 5. The summed E-state index contributed by atoms with van der Waals surface area (Å²) in [6.07, 6.45) is 0.411. The number of aliphatic hydroxyl groups is 1. The molecule has 1 aliphatic heterocycles. The number of nitrogens with zero attached hydrogens (tertiary/aromatic N) is 5. The average molecular weight is 770 g/mol. The average Bonchev–Trinajstić information content (AvgIpc) is 3.66. The summed E-state index contributed by atoms with van der Waals surface area (Å²) in [5.41, 5.74) is 1.66. The van der Waals surface area contributed by atoms with E-state index in [0.717, 1.165) is 21.8 Å². The van der Waals surface area contributed by atoms with Crippen molar-refractivity contribution in [2.75, 3.05) is 25.0 Å². The summed E-state index contributed by atoms with van der Waals surface area (Å²) in [5, 5.41) is 31.1. The van der Waals surface area contributed by atoms with Crippen LogP contribution >= 0.6 is 11.3 Å². The van der Waals surface area contributed by atoms with Gasteiger partial charge in [-0.05, 0) is 41.5 Å². The number of aliphatic hydroxyl groups excluding tert-OH is 1. The van der Waals surface area contributed by atoms with Crippen LogP contribution in [0.5, 0.6) is 0 Å². The van der Waals surface area contributed by atoms with Gasteiger partial charge >= 0.3 is 6.03 Å². The van der Waals surface area contributed by atoms with Gasteiger partial charge in [-0.1, -0.05) is 81.7 Å². The summed E-state index contributed by atoms with van der Waals surface area (Å²) >= 11 is 1.16. The van der Waals surface area contributed by atoms with Crippen molar-refractivity contribution in [2.45, 2.75) is 77.1 Å². The highest BCUT2D eigenvalue weighted by Gasteiger charge is 2.45. The summed E-state index contributed by atoms with van der Waals surface area (Å²) in [4.78, 5) is 59.1. The molecule has 1 aromatic heterocycles. The maximum Gasteiger partial charge on any atom is 0.328 e. The van der Waals surface area contributed by atoms with Gasteiger partial charge in [0.1, 0.15) is 12.6 Å². The Labute approximate surface area is 313 Å². The zero-order valence-corrected chi connectivity index (χ0v) is 32.0. The first kappa shape index (κ1) is 41.1. The number of nitrogens with one attached hydrogen (secondary N) is 2. The molecule has 5 amide bonds. The van der Waals surface area contributed by atoms with Gasteiger partial charge in [0.25, 0.3) is 5.91 Å². The van der Waals surface area contributed by atoms with Gasteiger partial charge in [0.2, 0.25) is 21.8 Å². The lowest BCUT2D eigenvalue weighted by molar-refractivity contribution is -0.129. The lowest BCUT2D eigenvalue weighted by atomic mass is 9.95.